The van der Waals surface area contributed by atoms with E-state index in [0.717, 1.165) is 0 Å². The van der Waals surface area contributed by atoms with Gasteiger partial charge < -0.3 is 10.2 Å². The summed E-state index contributed by atoms with van der Waals surface area (Å²) in [6, 6.07) is 3.61. The molecule has 2 atom stereocenters. The summed E-state index contributed by atoms with van der Waals surface area (Å²) in [5.41, 5.74) is 0.0210. The normalized spacial score (nSPS) is 19.2. The zero-order chi connectivity index (χ0) is 14.1. The van der Waals surface area contributed by atoms with Crippen molar-refractivity contribution in [2.24, 2.45) is 0 Å². The van der Waals surface area contributed by atoms with Crippen LogP contribution in [0.25, 0.3) is 0 Å². The largest absolute Gasteiger partial charge is 0.385 e. The van der Waals surface area contributed by atoms with E-state index in [-0.39, 0.29) is 15.6 Å². The van der Waals surface area contributed by atoms with E-state index >= 15 is 0 Å². The highest BCUT2D eigenvalue weighted by atomic mass is 79.9. The average molecular weight is 284 g/mol. The Bertz CT molecular complexity index is 426. The zero-order valence-corrected chi connectivity index (χ0v) is 9.08. The van der Waals surface area contributed by atoms with Crippen molar-refractivity contribution < 1.29 is 23.1 Å². The fourth-order valence-electron chi connectivity index (χ4n) is 1.05. The maximum absolute atomic E-state index is 12.2. The van der Waals surface area contributed by atoms with Gasteiger partial charge in [-0.2, -0.15) is 0 Å². The van der Waals surface area contributed by atoms with Gasteiger partial charge in [0.1, 0.15) is 12.2 Å². The molecule has 0 aromatic heterocycles. The predicted molar refractivity (Wildman–Crippen MR) is 55.8 cm³/mol. The minimum Gasteiger partial charge on any atom is -0.385 e. The molecule has 1 aromatic carbocycles. The van der Waals surface area contributed by atoms with Crippen molar-refractivity contribution in [1.29, 1.82) is 0 Å². The lowest BCUT2D eigenvalue weighted by Gasteiger charge is -2.17. The molecule has 0 aliphatic carbocycles. The first-order chi connectivity index (χ1) is 8.14. The zero-order valence-electron chi connectivity index (χ0n) is 10.5. The summed E-state index contributed by atoms with van der Waals surface area (Å²) in [4.78, 5) is 0. The molecule has 0 saturated heterocycles. The van der Waals surface area contributed by atoms with Gasteiger partial charge in [0, 0.05) is 8.58 Å². The second-order valence-corrected chi connectivity index (χ2v) is 3.86. The smallest absolute Gasteiger partial charge is 0.266 e. The van der Waals surface area contributed by atoms with Gasteiger partial charge in [-0.05, 0) is 24.0 Å². The third kappa shape index (κ3) is 2.96. The van der Waals surface area contributed by atoms with Gasteiger partial charge in [-0.3, -0.25) is 0 Å². The Kier molecular flexibility index (Phi) is 2.87. The molecule has 0 bridgehead atoms. The Morgan fingerprint density at radius 2 is 2.07 bits per heavy atom. The van der Waals surface area contributed by atoms with Crippen LogP contribution < -0.4 is 0 Å². The van der Waals surface area contributed by atoms with Gasteiger partial charge in [0.25, 0.3) is 6.43 Å². The first kappa shape index (κ1) is 8.61. The molecule has 2 unspecified atom stereocenters. The lowest BCUT2D eigenvalue weighted by atomic mass is 10.0. The molecule has 0 spiro atoms. The number of hydrogen-bond donors (Lipinski definition) is 2. The van der Waals surface area contributed by atoms with Crippen molar-refractivity contribution in [2.45, 2.75) is 25.5 Å². The number of aliphatic hydroxyl groups excluding tert-OH is 2. The number of aliphatic hydroxyl groups is 2. The maximum Gasteiger partial charge on any atom is 0.266 e. The summed E-state index contributed by atoms with van der Waals surface area (Å²) in [7, 11) is 0. The molecular formula is C10H11BrF2O2. The van der Waals surface area contributed by atoms with Crippen LogP contribution in [-0.2, 0) is 0 Å². The Hall–Kier alpha value is -0.520. The molecule has 0 aliphatic rings. The van der Waals surface area contributed by atoms with Crippen LogP contribution in [-0.4, -0.2) is 22.7 Å². The van der Waals surface area contributed by atoms with Crippen LogP contribution in [0.5, 0.6) is 0 Å². The van der Waals surface area contributed by atoms with E-state index in [4.69, 9.17) is 9.22 Å². The minimum absolute atomic E-state index is 0.00462. The molecule has 15 heavy (non-hydrogen) atoms. The van der Waals surface area contributed by atoms with E-state index in [1.165, 1.54) is 18.2 Å². The number of hydrogen-bond acceptors (Lipinski definition) is 2. The first-order valence-corrected chi connectivity index (χ1v) is 4.88. The summed E-state index contributed by atoms with van der Waals surface area (Å²) in [6.07, 6.45) is -7.07. The van der Waals surface area contributed by atoms with E-state index in [0.29, 0.717) is 0 Å². The molecule has 1 aromatic rings. The van der Waals surface area contributed by atoms with E-state index < -0.39 is 25.5 Å². The lowest BCUT2D eigenvalue weighted by Crippen LogP contribution is -2.26. The van der Waals surface area contributed by atoms with E-state index in [1.54, 1.807) is 0 Å². The SMILES string of the molecule is [2H]C([2H])([2H])c1ccc(C(O)C(O)C(F)F)cc1Br. The van der Waals surface area contributed by atoms with E-state index in [2.05, 4.69) is 15.9 Å². The number of rotatable bonds is 3. The van der Waals surface area contributed by atoms with Gasteiger partial charge in [-0.1, -0.05) is 28.1 Å². The highest BCUT2D eigenvalue weighted by Crippen LogP contribution is 2.25. The van der Waals surface area contributed by atoms with Gasteiger partial charge in [0.15, 0.2) is 0 Å². The van der Waals surface area contributed by atoms with Crippen LogP contribution in [0.3, 0.4) is 0 Å². The van der Waals surface area contributed by atoms with Crippen LogP contribution in [0.1, 0.15) is 21.3 Å². The van der Waals surface area contributed by atoms with Gasteiger partial charge in [-0.25, -0.2) is 8.78 Å². The maximum atomic E-state index is 12.2. The molecule has 2 nitrogen and oxygen atoms in total. The molecule has 84 valence electrons. The van der Waals surface area contributed by atoms with Crippen molar-refractivity contribution >= 4 is 15.9 Å². The van der Waals surface area contributed by atoms with Crippen LogP contribution in [0.2, 0.25) is 0 Å². The molecule has 0 saturated carbocycles. The standard InChI is InChI=1S/C10H11BrF2O2/c1-5-2-3-6(4-7(5)11)8(14)9(15)10(12)13/h2-4,8-10,14-15H,1H3/i1D3. The van der Waals surface area contributed by atoms with E-state index in [1.807, 2.05) is 0 Å². The van der Waals surface area contributed by atoms with E-state index in [9.17, 15) is 13.9 Å². The molecule has 0 amide bonds. The molecule has 0 aliphatic heterocycles. The summed E-state index contributed by atoms with van der Waals surface area (Å²) in [5.74, 6) is 0. The molecular weight excluding hydrogens is 270 g/mol. The number of benzene rings is 1. The third-order valence-corrected chi connectivity index (χ3v) is 2.57. The van der Waals surface area contributed by atoms with Crippen LogP contribution in [0, 0.1) is 6.85 Å². The van der Waals surface area contributed by atoms with Crippen molar-refractivity contribution in [3.63, 3.8) is 0 Å². The number of halogens is 3. The molecule has 0 fully saturated rings. The lowest BCUT2D eigenvalue weighted by molar-refractivity contribution is -0.0771. The molecule has 0 radical (unpaired) electrons. The topological polar surface area (TPSA) is 40.5 Å². The Morgan fingerprint density at radius 1 is 1.40 bits per heavy atom. The molecule has 1 rings (SSSR count). The second-order valence-electron chi connectivity index (χ2n) is 3.01. The number of aryl methyl sites for hydroxylation is 1. The summed E-state index contributed by atoms with van der Waals surface area (Å²) in [5, 5.41) is 18.5. The van der Waals surface area contributed by atoms with Crippen LogP contribution in [0.15, 0.2) is 22.7 Å². The molecule has 5 heteroatoms. The highest BCUT2D eigenvalue weighted by Gasteiger charge is 2.27. The minimum atomic E-state index is -3.08. The van der Waals surface area contributed by atoms with Gasteiger partial charge in [0.05, 0.1) is 0 Å². The molecule has 0 heterocycles. The van der Waals surface area contributed by atoms with Crippen molar-refractivity contribution in [2.75, 3.05) is 0 Å². The van der Waals surface area contributed by atoms with Crippen molar-refractivity contribution in [3.05, 3.63) is 33.8 Å². The van der Waals surface area contributed by atoms with Crippen molar-refractivity contribution in [3.8, 4) is 0 Å². The number of alkyl halides is 2. The van der Waals surface area contributed by atoms with Crippen LogP contribution >= 0.6 is 15.9 Å². The monoisotopic (exact) mass is 283 g/mol. The third-order valence-electron chi connectivity index (χ3n) is 1.92. The molecule has 2 N–H and O–H groups in total. The Labute approximate surface area is 98.9 Å². The van der Waals surface area contributed by atoms with Gasteiger partial charge in [0.2, 0.25) is 0 Å². The Balaban J connectivity index is 3.05. The summed E-state index contributed by atoms with van der Waals surface area (Å²) < 4.78 is 46.3. The highest BCUT2D eigenvalue weighted by molar-refractivity contribution is 9.10. The fourth-order valence-corrected chi connectivity index (χ4v) is 1.45. The predicted octanol–water partition coefficient (Wildman–Crippen LogP) is 2.42. The van der Waals surface area contributed by atoms with Crippen molar-refractivity contribution in [1.82, 2.24) is 0 Å². The summed E-state index contributed by atoms with van der Waals surface area (Å²) in [6.45, 7) is -2.34. The Morgan fingerprint density at radius 3 is 2.53 bits per heavy atom. The van der Waals surface area contributed by atoms with Crippen LogP contribution in [0.4, 0.5) is 8.78 Å². The average Bonchev–Trinajstić information content (AvgIpc) is 2.24. The first-order valence-electron chi connectivity index (χ1n) is 5.59. The fraction of sp³-hybridized carbons (Fsp3) is 0.400. The second kappa shape index (κ2) is 5.01. The summed E-state index contributed by atoms with van der Waals surface area (Å²) >= 11 is 3.00. The quantitative estimate of drug-likeness (QED) is 0.895. The van der Waals surface area contributed by atoms with Gasteiger partial charge in [-0.15, -0.1) is 0 Å². The van der Waals surface area contributed by atoms with Gasteiger partial charge >= 0.3 is 0 Å².